The lowest BCUT2D eigenvalue weighted by Gasteiger charge is -2.04. The highest BCUT2D eigenvalue weighted by Gasteiger charge is 2.20. The molecule has 0 fully saturated rings. The standard InChI is InChI=1S/C11H10N4O4S2/c1-7(17)12-10-13-14-11(20-10)21(18,19)15-9-4-2-3-8(5-9)6-16/h2-6,15H,1H3,(H,12,13,17). The van der Waals surface area contributed by atoms with E-state index < -0.39 is 10.0 Å². The van der Waals surface area contributed by atoms with Crippen molar-refractivity contribution in [1.29, 1.82) is 0 Å². The van der Waals surface area contributed by atoms with Gasteiger partial charge in [-0.3, -0.25) is 14.3 Å². The molecule has 1 aromatic heterocycles. The summed E-state index contributed by atoms with van der Waals surface area (Å²) in [5.41, 5.74) is 0.572. The van der Waals surface area contributed by atoms with Crippen LogP contribution in [0.1, 0.15) is 17.3 Å². The van der Waals surface area contributed by atoms with Crippen LogP contribution in [0.3, 0.4) is 0 Å². The SMILES string of the molecule is CC(=O)Nc1nnc(S(=O)(=O)Nc2cccc(C=O)c2)s1. The zero-order valence-electron chi connectivity index (χ0n) is 10.7. The Balaban J connectivity index is 2.23. The molecule has 10 heteroatoms. The monoisotopic (exact) mass is 326 g/mol. The molecule has 1 aromatic carbocycles. The molecule has 110 valence electrons. The van der Waals surface area contributed by atoms with Crippen LogP contribution in [0, 0.1) is 0 Å². The number of nitrogens with one attached hydrogen (secondary N) is 2. The fraction of sp³-hybridized carbons (Fsp3) is 0.0909. The van der Waals surface area contributed by atoms with Crippen molar-refractivity contribution in [2.24, 2.45) is 0 Å². The van der Waals surface area contributed by atoms with Gasteiger partial charge in [0.05, 0.1) is 0 Å². The molecule has 0 radical (unpaired) electrons. The number of carbonyl (C=O) groups excluding carboxylic acids is 2. The predicted octanol–water partition coefficient (Wildman–Crippen LogP) is 1.11. The van der Waals surface area contributed by atoms with Crippen molar-refractivity contribution in [2.45, 2.75) is 11.3 Å². The van der Waals surface area contributed by atoms with Crippen molar-refractivity contribution in [3.05, 3.63) is 29.8 Å². The van der Waals surface area contributed by atoms with Gasteiger partial charge in [-0.05, 0) is 12.1 Å². The number of amides is 1. The van der Waals surface area contributed by atoms with E-state index in [1.54, 1.807) is 12.1 Å². The molecule has 0 aliphatic carbocycles. The highest BCUT2D eigenvalue weighted by atomic mass is 32.2. The number of hydrogen-bond acceptors (Lipinski definition) is 7. The average molecular weight is 326 g/mol. The first-order valence-corrected chi connectivity index (χ1v) is 7.90. The molecular weight excluding hydrogens is 316 g/mol. The summed E-state index contributed by atoms with van der Waals surface area (Å²) in [7, 11) is -3.93. The number of sulfonamides is 1. The number of aldehydes is 1. The van der Waals surface area contributed by atoms with Gasteiger partial charge in [-0.1, -0.05) is 23.5 Å². The van der Waals surface area contributed by atoms with E-state index in [9.17, 15) is 18.0 Å². The molecule has 2 N–H and O–H groups in total. The minimum absolute atomic E-state index is 0.0875. The Morgan fingerprint density at radius 2 is 2.10 bits per heavy atom. The number of aromatic nitrogens is 2. The van der Waals surface area contributed by atoms with Crippen molar-refractivity contribution < 1.29 is 18.0 Å². The maximum atomic E-state index is 12.1. The van der Waals surface area contributed by atoms with Gasteiger partial charge in [0.2, 0.25) is 11.0 Å². The minimum atomic E-state index is -3.93. The summed E-state index contributed by atoms with van der Waals surface area (Å²) in [5.74, 6) is -0.373. The Morgan fingerprint density at radius 1 is 1.33 bits per heavy atom. The highest BCUT2D eigenvalue weighted by molar-refractivity contribution is 7.94. The van der Waals surface area contributed by atoms with Crippen LogP contribution in [0.2, 0.25) is 0 Å². The topological polar surface area (TPSA) is 118 Å². The Morgan fingerprint density at radius 3 is 2.76 bits per heavy atom. The normalized spacial score (nSPS) is 10.9. The first-order chi connectivity index (χ1) is 9.90. The zero-order valence-corrected chi connectivity index (χ0v) is 12.4. The molecule has 1 amide bonds. The number of rotatable bonds is 5. The van der Waals surface area contributed by atoms with Gasteiger partial charge < -0.3 is 5.32 Å². The summed E-state index contributed by atoms with van der Waals surface area (Å²) < 4.78 is 26.2. The lowest BCUT2D eigenvalue weighted by Crippen LogP contribution is -2.12. The molecule has 1 heterocycles. The van der Waals surface area contributed by atoms with Gasteiger partial charge in [0.1, 0.15) is 6.29 Å². The maximum absolute atomic E-state index is 12.1. The van der Waals surface area contributed by atoms with Crippen molar-refractivity contribution in [2.75, 3.05) is 10.0 Å². The minimum Gasteiger partial charge on any atom is -0.301 e. The van der Waals surface area contributed by atoms with E-state index in [1.165, 1.54) is 19.1 Å². The van der Waals surface area contributed by atoms with Crippen molar-refractivity contribution in [3.63, 3.8) is 0 Å². The molecule has 0 aliphatic heterocycles. The molecule has 21 heavy (non-hydrogen) atoms. The van der Waals surface area contributed by atoms with Gasteiger partial charge in [-0.15, -0.1) is 10.2 Å². The third-order valence-electron chi connectivity index (χ3n) is 2.19. The first kappa shape index (κ1) is 15.1. The van der Waals surface area contributed by atoms with E-state index in [-0.39, 0.29) is 21.1 Å². The second-order valence-corrected chi connectivity index (χ2v) is 6.74. The summed E-state index contributed by atoms with van der Waals surface area (Å²) in [6.07, 6.45) is 0.609. The van der Waals surface area contributed by atoms with Crippen LogP contribution < -0.4 is 10.0 Å². The van der Waals surface area contributed by atoms with E-state index in [0.717, 1.165) is 11.3 Å². The molecule has 0 saturated carbocycles. The van der Waals surface area contributed by atoms with E-state index in [0.29, 0.717) is 11.8 Å². The van der Waals surface area contributed by atoms with Crippen LogP contribution in [0.5, 0.6) is 0 Å². The van der Waals surface area contributed by atoms with Crippen LogP contribution >= 0.6 is 11.3 Å². The molecule has 0 atom stereocenters. The summed E-state index contributed by atoms with van der Waals surface area (Å²) >= 11 is 0.723. The maximum Gasteiger partial charge on any atom is 0.291 e. The van der Waals surface area contributed by atoms with Crippen LogP contribution in [0.25, 0.3) is 0 Å². The van der Waals surface area contributed by atoms with E-state index in [2.05, 4.69) is 20.2 Å². The second kappa shape index (κ2) is 5.97. The smallest absolute Gasteiger partial charge is 0.291 e. The largest absolute Gasteiger partial charge is 0.301 e. The van der Waals surface area contributed by atoms with Gasteiger partial charge >= 0.3 is 0 Å². The van der Waals surface area contributed by atoms with Crippen molar-refractivity contribution in [1.82, 2.24) is 10.2 Å². The Kier molecular flexibility index (Phi) is 4.29. The van der Waals surface area contributed by atoms with Gasteiger partial charge in [-0.2, -0.15) is 8.42 Å². The van der Waals surface area contributed by atoms with Gasteiger partial charge in [0, 0.05) is 18.2 Å². The van der Waals surface area contributed by atoms with E-state index in [4.69, 9.17) is 0 Å². The fourth-order valence-corrected chi connectivity index (χ4v) is 3.39. The predicted molar refractivity (Wildman–Crippen MR) is 76.9 cm³/mol. The highest BCUT2D eigenvalue weighted by Crippen LogP contribution is 2.22. The molecule has 0 unspecified atom stereocenters. The number of carbonyl (C=O) groups is 2. The fourth-order valence-electron chi connectivity index (χ4n) is 1.39. The number of anilines is 2. The summed E-state index contributed by atoms with van der Waals surface area (Å²) in [6, 6.07) is 5.98. The molecule has 0 saturated heterocycles. The molecular formula is C11H10N4O4S2. The molecule has 8 nitrogen and oxygen atoms in total. The van der Waals surface area contributed by atoms with Crippen molar-refractivity contribution >= 4 is 44.4 Å². The molecule has 2 rings (SSSR count). The third-order valence-corrected chi connectivity index (χ3v) is 4.78. The molecule has 0 aliphatic rings. The van der Waals surface area contributed by atoms with E-state index in [1.807, 2.05) is 0 Å². The lowest BCUT2D eigenvalue weighted by molar-refractivity contribution is -0.114. The molecule has 0 spiro atoms. The molecule has 2 aromatic rings. The summed E-state index contributed by atoms with van der Waals surface area (Å²) in [5, 5.41) is 9.51. The van der Waals surface area contributed by atoms with Gasteiger partial charge in [0.25, 0.3) is 14.4 Å². The van der Waals surface area contributed by atoms with Crippen LogP contribution in [-0.2, 0) is 14.8 Å². The van der Waals surface area contributed by atoms with Gasteiger partial charge in [0.15, 0.2) is 0 Å². The number of benzene rings is 1. The number of nitrogens with zero attached hydrogens (tertiary/aromatic N) is 2. The van der Waals surface area contributed by atoms with Crippen LogP contribution in [0.4, 0.5) is 10.8 Å². The first-order valence-electron chi connectivity index (χ1n) is 5.60. The quantitative estimate of drug-likeness (QED) is 0.627. The zero-order chi connectivity index (χ0) is 15.5. The lowest BCUT2D eigenvalue weighted by atomic mass is 10.2. The summed E-state index contributed by atoms with van der Waals surface area (Å²) in [6.45, 7) is 1.28. The van der Waals surface area contributed by atoms with Crippen LogP contribution in [0.15, 0.2) is 28.6 Å². The summed E-state index contributed by atoms with van der Waals surface area (Å²) in [4.78, 5) is 21.5. The van der Waals surface area contributed by atoms with Gasteiger partial charge in [-0.25, -0.2) is 0 Å². The van der Waals surface area contributed by atoms with Crippen molar-refractivity contribution in [3.8, 4) is 0 Å². The average Bonchev–Trinajstić information content (AvgIpc) is 2.87. The molecule has 0 bridgehead atoms. The Labute approximate surface area is 124 Å². The van der Waals surface area contributed by atoms with Crippen LogP contribution in [-0.4, -0.2) is 30.8 Å². The Bertz CT molecular complexity index is 785. The third kappa shape index (κ3) is 3.83. The number of hydrogen-bond donors (Lipinski definition) is 2. The Hall–Kier alpha value is -2.33. The van der Waals surface area contributed by atoms with E-state index >= 15 is 0 Å². The second-order valence-electron chi connectivity index (χ2n) is 3.90.